The molecule has 20 heavy (non-hydrogen) atoms. The standard InChI is InChI=1S/C15H24N2O2S/c1-3-12-20(18,19)14-6-4-13(5-7-14)17-15(2)8-10-16-11-9-15/h4-7,16-17H,3,8-12H2,1-2H3. The van der Waals surface area contributed by atoms with Gasteiger partial charge in [-0.15, -0.1) is 0 Å². The summed E-state index contributed by atoms with van der Waals surface area (Å²) in [5.74, 6) is 0.211. The summed E-state index contributed by atoms with van der Waals surface area (Å²) in [5.41, 5.74) is 1.08. The second kappa shape index (κ2) is 6.14. The molecule has 1 saturated heterocycles. The first-order chi connectivity index (χ1) is 9.45. The summed E-state index contributed by atoms with van der Waals surface area (Å²) in [4.78, 5) is 0.417. The Hall–Kier alpha value is -1.07. The van der Waals surface area contributed by atoms with Gasteiger partial charge in [-0.1, -0.05) is 6.92 Å². The summed E-state index contributed by atoms with van der Waals surface area (Å²) in [7, 11) is -3.11. The molecule has 5 heteroatoms. The lowest BCUT2D eigenvalue weighted by atomic mass is 9.90. The Labute approximate surface area is 121 Å². The minimum absolute atomic E-state index is 0.0923. The second-order valence-electron chi connectivity index (χ2n) is 5.78. The summed E-state index contributed by atoms with van der Waals surface area (Å²) in [6.07, 6.45) is 2.79. The molecule has 0 aromatic heterocycles. The van der Waals surface area contributed by atoms with Gasteiger partial charge < -0.3 is 10.6 Å². The van der Waals surface area contributed by atoms with Crippen LogP contribution in [0.1, 0.15) is 33.1 Å². The van der Waals surface area contributed by atoms with Crippen LogP contribution in [0.5, 0.6) is 0 Å². The topological polar surface area (TPSA) is 58.2 Å². The van der Waals surface area contributed by atoms with Crippen LogP contribution in [0.4, 0.5) is 5.69 Å². The van der Waals surface area contributed by atoms with Crippen LogP contribution in [0.25, 0.3) is 0 Å². The third-order valence-electron chi connectivity index (χ3n) is 3.84. The van der Waals surface area contributed by atoms with Crippen molar-refractivity contribution in [2.24, 2.45) is 0 Å². The molecular weight excluding hydrogens is 272 g/mol. The summed E-state index contributed by atoms with van der Waals surface area (Å²) in [6.45, 7) is 6.14. The third kappa shape index (κ3) is 3.73. The molecule has 2 N–H and O–H groups in total. The Kier molecular flexibility index (Phi) is 4.70. The van der Waals surface area contributed by atoms with Gasteiger partial charge in [-0.05, 0) is 63.5 Å². The molecule has 2 rings (SSSR count). The number of piperidine rings is 1. The molecule has 0 atom stereocenters. The lowest BCUT2D eigenvalue weighted by Gasteiger charge is -2.36. The average Bonchev–Trinajstić information content (AvgIpc) is 2.39. The predicted molar refractivity (Wildman–Crippen MR) is 82.9 cm³/mol. The number of benzene rings is 1. The van der Waals surface area contributed by atoms with E-state index in [1.807, 2.05) is 19.1 Å². The number of hydrogen-bond donors (Lipinski definition) is 2. The largest absolute Gasteiger partial charge is 0.380 e. The second-order valence-corrected chi connectivity index (χ2v) is 7.89. The van der Waals surface area contributed by atoms with Gasteiger partial charge in [0.1, 0.15) is 0 Å². The highest BCUT2D eigenvalue weighted by atomic mass is 32.2. The molecule has 1 fully saturated rings. The van der Waals surface area contributed by atoms with Crippen LogP contribution in [-0.4, -0.2) is 32.8 Å². The zero-order valence-corrected chi connectivity index (χ0v) is 13.1. The predicted octanol–water partition coefficient (Wildman–Crippen LogP) is 2.42. The van der Waals surface area contributed by atoms with Crippen molar-refractivity contribution in [2.75, 3.05) is 24.2 Å². The van der Waals surface area contributed by atoms with Gasteiger partial charge in [-0.25, -0.2) is 8.42 Å². The number of nitrogens with one attached hydrogen (secondary N) is 2. The van der Waals surface area contributed by atoms with Crippen LogP contribution in [0.3, 0.4) is 0 Å². The molecule has 1 aromatic carbocycles. The summed E-state index contributed by atoms with van der Waals surface area (Å²) >= 11 is 0. The first-order valence-electron chi connectivity index (χ1n) is 7.27. The van der Waals surface area contributed by atoms with Gasteiger partial charge in [0.15, 0.2) is 9.84 Å². The number of rotatable bonds is 5. The first-order valence-corrected chi connectivity index (χ1v) is 8.92. The summed E-state index contributed by atoms with van der Waals surface area (Å²) < 4.78 is 23.9. The molecule has 0 bridgehead atoms. The van der Waals surface area contributed by atoms with Gasteiger partial charge in [0, 0.05) is 11.2 Å². The highest BCUT2D eigenvalue weighted by Gasteiger charge is 2.26. The molecule has 4 nitrogen and oxygen atoms in total. The zero-order valence-electron chi connectivity index (χ0n) is 12.3. The van der Waals surface area contributed by atoms with Gasteiger partial charge in [-0.2, -0.15) is 0 Å². The lowest BCUT2D eigenvalue weighted by Crippen LogP contribution is -2.45. The monoisotopic (exact) mass is 296 g/mol. The first kappa shape index (κ1) is 15.3. The number of sulfone groups is 1. The molecule has 0 saturated carbocycles. The molecule has 0 amide bonds. The maximum absolute atomic E-state index is 12.0. The third-order valence-corrected chi connectivity index (χ3v) is 5.78. The van der Waals surface area contributed by atoms with Gasteiger partial charge in [0.2, 0.25) is 0 Å². The minimum atomic E-state index is -3.11. The van der Waals surface area contributed by atoms with E-state index in [0.29, 0.717) is 11.3 Å². The summed E-state index contributed by atoms with van der Waals surface area (Å²) in [5, 5.41) is 6.88. The minimum Gasteiger partial charge on any atom is -0.380 e. The maximum atomic E-state index is 12.0. The average molecular weight is 296 g/mol. The zero-order chi connectivity index (χ0) is 14.6. The Morgan fingerprint density at radius 2 is 1.80 bits per heavy atom. The van der Waals surface area contributed by atoms with Gasteiger partial charge in [0.05, 0.1) is 10.6 Å². The molecule has 0 unspecified atom stereocenters. The highest BCUT2D eigenvalue weighted by Crippen LogP contribution is 2.24. The van der Waals surface area contributed by atoms with Crippen LogP contribution in [0.15, 0.2) is 29.2 Å². The van der Waals surface area contributed by atoms with Crippen molar-refractivity contribution in [2.45, 2.75) is 43.5 Å². The van der Waals surface area contributed by atoms with E-state index in [-0.39, 0.29) is 11.3 Å². The normalized spacial score (nSPS) is 18.7. The molecule has 0 spiro atoms. The van der Waals surface area contributed by atoms with Crippen molar-refractivity contribution < 1.29 is 8.42 Å². The van der Waals surface area contributed by atoms with E-state index in [1.54, 1.807) is 12.1 Å². The van der Waals surface area contributed by atoms with Gasteiger partial charge in [-0.3, -0.25) is 0 Å². The van der Waals surface area contributed by atoms with Crippen molar-refractivity contribution in [1.29, 1.82) is 0 Å². The molecule has 1 heterocycles. The van der Waals surface area contributed by atoms with E-state index in [1.165, 1.54) is 0 Å². The SMILES string of the molecule is CCCS(=O)(=O)c1ccc(NC2(C)CCNCC2)cc1. The molecular formula is C15H24N2O2S. The van der Waals surface area contributed by atoms with E-state index in [0.717, 1.165) is 31.6 Å². The van der Waals surface area contributed by atoms with Crippen LogP contribution in [-0.2, 0) is 9.84 Å². The molecule has 0 radical (unpaired) electrons. The fourth-order valence-corrected chi connectivity index (χ4v) is 3.91. The van der Waals surface area contributed by atoms with E-state index in [2.05, 4.69) is 17.6 Å². The van der Waals surface area contributed by atoms with E-state index < -0.39 is 9.84 Å². The fraction of sp³-hybridized carbons (Fsp3) is 0.600. The smallest absolute Gasteiger partial charge is 0.178 e. The maximum Gasteiger partial charge on any atom is 0.178 e. The Bertz CT molecular complexity index is 531. The quantitative estimate of drug-likeness (QED) is 0.876. The van der Waals surface area contributed by atoms with E-state index in [4.69, 9.17) is 0 Å². The van der Waals surface area contributed by atoms with Crippen LogP contribution in [0, 0.1) is 0 Å². The summed E-state index contributed by atoms with van der Waals surface area (Å²) in [6, 6.07) is 7.15. The molecule has 1 aliphatic rings. The fourth-order valence-electron chi connectivity index (χ4n) is 2.58. The lowest BCUT2D eigenvalue weighted by molar-refractivity contribution is 0.365. The number of hydrogen-bond acceptors (Lipinski definition) is 4. The van der Waals surface area contributed by atoms with Crippen molar-refractivity contribution >= 4 is 15.5 Å². The highest BCUT2D eigenvalue weighted by molar-refractivity contribution is 7.91. The molecule has 112 valence electrons. The van der Waals surface area contributed by atoms with Crippen LogP contribution < -0.4 is 10.6 Å². The van der Waals surface area contributed by atoms with E-state index >= 15 is 0 Å². The van der Waals surface area contributed by atoms with Crippen molar-refractivity contribution in [3.63, 3.8) is 0 Å². The molecule has 1 aliphatic heterocycles. The van der Waals surface area contributed by atoms with E-state index in [9.17, 15) is 8.42 Å². The Balaban J connectivity index is 2.08. The van der Waals surface area contributed by atoms with Gasteiger partial charge >= 0.3 is 0 Å². The van der Waals surface area contributed by atoms with Crippen molar-refractivity contribution in [1.82, 2.24) is 5.32 Å². The van der Waals surface area contributed by atoms with Crippen LogP contribution in [0.2, 0.25) is 0 Å². The van der Waals surface area contributed by atoms with Crippen LogP contribution >= 0.6 is 0 Å². The molecule has 0 aliphatic carbocycles. The van der Waals surface area contributed by atoms with Crippen molar-refractivity contribution in [3.05, 3.63) is 24.3 Å². The van der Waals surface area contributed by atoms with Gasteiger partial charge in [0.25, 0.3) is 0 Å². The Morgan fingerprint density at radius 1 is 1.20 bits per heavy atom. The molecule has 1 aromatic rings. The number of anilines is 1. The van der Waals surface area contributed by atoms with Crippen molar-refractivity contribution in [3.8, 4) is 0 Å². The Morgan fingerprint density at radius 3 is 2.35 bits per heavy atom.